The maximum atomic E-state index is 10.9. The number of aliphatic hydroxyl groups excluding tert-OH is 1. The van der Waals surface area contributed by atoms with Gasteiger partial charge in [0.1, 0.15) is 35.1 Å². The van der Waals surface area contributed by atoms with Crippen LogP contribution >= 0.6 is 0 Å². The van der Waals surface area contributed by atoms with Crippen molar-refractivity contribution in [1.82, 2.24) is 10.3 Å². The van der Waals surface area contributed by atoms with Gasteiger partial charge in [-0.05, 0) is 44.2 Å². The summed E-state index contributed by atoms with van der Waals surface area (Å²) in [6.45, 7) is 3.60. The Morgan fingerprint density at radius 1 is 1.42 bits per heavy atom. The zero-order valence-electron chi connectivity index (χ0n) is 14.8. The monoisotopic (exact) mass is 352 g/mol. The summed E-state index contributed by atoms with van der Waals surface area (Å²) >= 11 is 0. The van der Waals surface area contributed by atoms with E-state index in [4.69, 9.17) is 14.7 Å². The van der Waals surface area contributed by atoms with E-state index in [2.05, 4.69) is 15.3 Å². The van der Waals surface area contributed by atoms with E-state index in [1.54, 1.807) is 63.7 Å². The molecule has 0 saturated heterocycles. The van der Waals surface area contributed by atoms with Crippen molar-refractivity contribution in [2.45, 2.75) is 31.6 Å². The third kappa shape index (κ3) is 3.32. The van der Waals surface area contributed by atoms with Gasteiger partial charge in [0, 0.05) is 23.5 Å². The number of pyridine rings is 1. The summed E-state index contributed by atoms with van der Waals surface area (Å²) < 4.78 is 11.2. The van der Waals surface area contributed by atoms with Gasteiger partial charge in [0.25, 0.3) is 0 Å². The van der Waals surface area contributed by atoms with Crippen molar-refractivity contribution >= 4 is 5.84 Å². The lowest BCUT2D eigenvalue weighted by Crippen LogP contribution is -2.48. The van der Waals surface area contributed by atoms with Gasteiger partial charge < -0.3 is 14.6 Å². The van der Waals surface area contributed by atoms with Gasteiger partial charge in [-0.15, -0.1) is 0 Å². The van der Waals surface area contributed by atoms with Gasteiger partial charge in [-0.2, -0.15) is 5.26 Å². The molecule has 2 aromatic rings. The molecule has 1 aromatic carbocycles. The van der Waals surface area contributed by atoms with E-state index in [0.717, 1.165) is 0 Å². The second kappa shape index (κ2) is 7.02. The molecule has 0 fully saturated rings. The van der Waals surface area contributed by atoms with E-state index < -0.39 is 17.7 Å². The first-order chi connectivity index (χ1) is 12.5. The number of amidine groups is 1. The van der Waals surface area contributed by atoms with Gasteiger partial charge in [0.05, 0.1) is 7.11 Å². The van der Waals surface area contributed by atoms with Gasteiger partial charge in [-0.3, -0.25) is 15.3 Å². The summed E-state index contributed by atoms with van der Waals surface area (Å²) in [7, 11) is 1.57. The Morgan fingerprint density at radius 2 is 2.23 bits per heavy atom. The lowest BCUT2D eigenvalue weighted by atomic mass is 9.86. The first kappa shape index (κ1) is 17.7. The molecular weight excluding hydrogens is 332 g/mol. The number of nitrogens with zero attached hydrogens (tertiary/aromatic N) is 3. The van der Waals surface area contributed by atoms with E-state index in [1.165, 1.54) is 0 Å². The number of aromatic nitrogens is 1. The number of fused-ring (bicyclic) bond motifs is 1. The number of aliphatic imine (C=N–C) groups is 1. The summed E-state index contributed by atoms with van der Waals surface area (Å²) in [5, 5.41) is 22.6. The van der Waals surface area contributed by atoms with Crippen molar-refractivity contribution in [2.24, 2.45) is 4.99 Å². The van der Waals surface area contributed by atoms with Gasteiger partial charge >= 0.3 is 0 Å². The Bertz CT molecular complexity index is 859. The highest BCUT2D eigenvalue weighted by atomic mass is 16.5. The minimum atomic E-state index is -0.922. The van der Waals surface area contributed by atoms with Gasteiger partial charge in [0.15, 0.2) is 6.19 Å². The first-order valence-corrected chi connectivity index (χ1v) is 8.14. The van der Waals surface area contributed by atoms with Crippen molar-refractivity contribution in [3.8, 4) is 17.7 Å². The molecule has 7 nitrogen and oxygen atoms in total. The molecule has 0 saturated carbocycles. The minimum Gasteiger partial charge on any atom is -0.497 e. The predicted octanol–water partition coefficient (Wildman–Crippen LogP) is 2.18. The number of methoxy groups -OCH3 is 1. The smallest absolute Gasteiger partial charge is 0.182 e. The third-order valence-corrected chi connectivity index (χ3v) is 4.30. The van der Waals surface area contributed by atoms with Crippen LogP contribution in [0.2, 0.25) is 0 Å². The van der Waals surface area contributed by atoms with Crippen LogP contribution in [0.5, 0.6) is 11.5 Å². The second-order valence-corrected chi connectivity index (χ2v) is 6.46. The Labute approximate surface area is 151 Å². The summed E-state index contributed by atoms with van der Waals surface area (Å²) in [6.07, 6.45) is 4.21. The van der Waals surface area contributed by atoms with E-state index in [9.17, 15) is 5.11 Å². The molecule has 1 aliphatic heterocycles. The maximum Gasteiger partial charge on any atom is 0.182 e. The van der Waals surface area contributed by atoms with Crippen LogP contribution in [0.15, 0.2) is 47.7 Å². The Morgan fingerprint density at radius 3 is 2.88 bits per heavy atom. The summed E-state index contributed by atoms with van der Waals surface area (Å²) in [5.74, 6) is 1.59. The number of hydrogen-bond donors (Lipinski definition) is 2. The molecular formula is C19H20N4O3. The van der Waals surface area contributed by atoms with Crippen molar-refractivity contribution in [3.63, 3.8) is 0 Å². The van der Waals surface area contributed by atoms with E-state index in [1.807, 2.05) is 6.19 Å². The van der Waals surface area contributed by atoms with Crippen molar-refractivity contribution in [1.29, 1.82) is 5.26 Å². The standard InChI is InChI=1S/C19H20N4O3/c1-19(2)17(24)16(14-9-13(25-3)6-7-15(14)26-19)23-18(22-11-20)12-5-4-8-21-10-12/h4-10,16-17,24H,1-3H3,(H,22,23)/t16-,17+/m1/s1. The molecule has 26 heavy (non-hydrogen) atoms. The number of nitrogens with one attached hydrogen (secondary N) is 1. The highest BCUT2D eigenvalue weighted by Crippen LogP contribution is 2.43. The molecule has 0 radical (unpaired) electrons. The minimum absolute atomic E-state index is 0.330. The largest absolute Gasteiger partial charge is 0.497 e. The Balaban J connectivity index is 2.13. The predicted molar refractivity (Wildman–Crippen MR) is 96.0 cm³/mol. The van der Waals surface area contributed by atoms with Crippen LogP contribution in [-0.4, -0.2) is 34.7 Å². The van der Waals surface area contributed by atoms with Crippen molar-refractivity contribution < 1.29 is 14.6 Å². The van der Waals surface area contributed by atoms with Gasteiger partial charge in [0.2, 0.25) is 0 Å². The average molecular weight is 352 g/mol. The highest BCUT2D eigenvalue weighted by Gasteiger charge is 2.43. The third-order valence-electron chi connectivity index (χ3n) is 4.30. The first-order valence-electron chi connectivity index (χ1n) is 8.14. The molecule has 7 heteroatoms. The molecule has 2 atom stereocenters. The molecule has 1 aromatic heterocycles. The molecule has 0 amide bonds. The Hall–Kier alpha value is -3.11. The molecule has 3 rings (SSSR count). The quantitative estimate of drug-likeness (QED) is 0.380. The SMILES string of the molecule is COc1ccc2c(c1)[C@@H](N=C(NC#N)c1cccnc1)[C@H](O)C(C)(C)O2. The lowest BCUT2D eigenvalue weighted by Gasteiger charge is -2.40. The van der Waals surface area contributed by atoms with E-state index in [0.29, 0.717) is 28.5 Å². The molecule has 0 aliphatic carbocycles. The molecule has 0 bridgehead atoms. The molecule has 2 heterocycles. The second-order valence-electron chi connectivity index (χ2n) is 6.46. The zero-order chi connectivity index (χ0) is 18.7. The fourth-order valence-corrected chi connectivity index (χ4v) is 2.89. The zero-order valence-corrected chi connectivity index (χ0v) is 14.8. The summed E-state index contributed by atoms with van der Waals surface area (Å²) in [6, 6.07) is 8.29. The maximum absolute atomic E-state index is 10.9. The molecule has 134 valence electrons. The summed E-state index contributed by atoms with van der Waals surface area (Å²) in [5.41, 5.74) is 0.495. The number of hydrogen-bond acceptors (Lipinski definition) is 6. The van der Waals surface area contributed by atoms with Crippen molar-refractivity contribution in [3.05, 3.63) is 53.9 Å². The topological polar surface area (TPSA) is 99.8 Å². The van der Waals surface area contributed by atoms with E-state index in [-0.39, 0.29) is 0 Å². The van der Waals surface area contributed by atoms with Crippen LogP contribution in [0.25, 0.3) is 0 Å². The fourth-order valence-electron chi connectivity index (χ4n) is 2.89. The van der Waals surface area contributed by atoms with Crippen LogP contribution in [0.3, 0.4) is 0 Å². The lowest BCUT2D eigenvalue weighted by molar-refractivity contribution is -0.0567. The average Bonchev–Trinajstić information content (AvgIpc) is 2.65. The number of nitriles is 1. The highest BCUT2D eigenvalue weighted by molar-refractivity contribution is 5.99. The number of aliphatic hydroxyl groups is 1. The van der Waals surface area contributed by atoms with Crippen LogP contribution in [0, 0.1) is 11.5 Å². The van der Waals surface area contributed by atoms with Crippen LogP contribution in [-0.2, 0) is 0 Å². The van der Waals surface area contributed by atoms with E-state index >= 15 is 0 Å². The van der Waals surface area contributed by atoms with Crippen LogP contribution < -0.4 is 14.8 Å². The number of benzene rings is 1. The molecule has 2 N–H and O–H groups in total. The Kier molecular flexibility index (Phi) is 4.78. The number of rotatable bonds is 3. The molecule has 0 spiro atoms. The van der Waals surface area contributed by atoms with Crippen LogP contribution in [0.4, 0.5) is 0 Å². The fraction of sp³-hybridized carbons (Fsp3) is 0.316. The molecule has 0 unspecified atom stereocenters. The number of ether oxygens (including phenoxy) is 2. The van der Waals surface area contributed by atoms with Crippen molar-refractivity contribution in [2.75, 3.05) is 7.11 Å². The molecule has 1 aliphatic rings. The van der Waals surface area contributed by atoms with Crippen LogP contribution in [0.1, 0.15) is 31.0 Å². The van der Waals surface area contributed by atoms with Gasteiger partial charge in [-0.1, -0.05) is 0 Å². The summed E-state index contributed by atoms with van der Waals surface area (Å²) in [4.78, 5) is 8.71. The normalized spacial score (nSPS) is 21.1. The van der Waals surface area contributed by atoms with Gasteiger partial charge in [-0.25, -0.2) is 0 Å².